The molecule has 27 heavy (non-hydrogen) atoms. The number of aryl methyl sites for hydroxylation is 1. The van der Waals surface area contributed by atoms with Gasteiger partial charge in [-0.1, -0.05) is 100 Å². The monoisotopic (exact) mass is 416 g/mol. The van der Waals surface area contributed by atoms with Crippen LogP contribution in [0.4, 0.5) is 0 Å². The van der Waals surface area contributed by atoms with Crippen molar-refractivity contribution in [2.24, 2.45) is 5.92 Å². The van der Waals surface area contributed by atoms with Gasteiger partial charge in [0.1, 0.15) is 4.32 Å². The number of hydrogen-bond acceptors (Lipinski definition) is 2. The third-order valence-electron chi connectivity index (χ3n) is 6.09. The normalized spacial score (nSPS) is 28.4. The van der Waals surface area contributed by atoms with Crippen LogP contribution in [0.5, 0.6) is 0 Å². The highest BCUT2D eigenvalue weighted by Crippen LogP contribution is 2.74. The Labute approximate surface area is 166 Å². The quantitative estimate of drug-likeness (QED) is 0.543. The lowest BCUT2D eigenvalue weighted by Crippen LogP contribution is -2.31. The highest BCUT2D eigenvalue weighted by molar-refractivity contribution is 9.10. The van der Waals surface area contributed by atoms with E-state index < -0.39 is 15.7 Å². The van der Waals surface area contributed by atoms with Gasteiger partial charge in [0.05, 0.1) is 11.3 Å². The SMILES string of the molecule is Cc1ccc([C@@]2(c3ccccc3)[C@@H]3C(=O)c4ccccc4C(=O)[C@@]32Br)cc1. The Balaban J connectivity index is 1.81. The van der Waals surface area contributed by atoms with Crippen LogP contribution in [0.15, 0.2) is 78.9 Å². The molecule has 0 saturated heterocycles. The van der Waals surface area contributed by atoms with E-state index in [1.807, 2.05) is 61.5 Å². The smallest absolute Gasteiger partial charge is 0.182 e. The minimum atomic E-state index is -0.942. The molecule has 3 aromatic carbocycles. The first-order chi connectivity index (χ1) is 13.0. The van der Waals surface area contributed by atoms with E-state index in [0.717, 1.165) is 16.7 Å². The predicted octanol–water partition coefficient (Wildman–Crippen LogP) is 5.12. The van der Waals surface area contributed by atoms with Crippen molar-refractivity contribution in [1.29, 1.82) is 0 Å². The van der Waals surface area contributed by atoms with Gasteiger partial charge in [0.25, 0.3) is 0 Å². The molecule has 3 heteroatoms. The lowest BCUT2D eigenvalue weighted by molar-refractivity contribution is 0.0893. The zero-order valence-electron chi connectivity index (χ0n) is 14.8. The standard InChI is InChI=1S/C24H17BrO2/c1-15-11-13-17(14-12-15)23(16-7-3-2-4-8-16)21-20(26)18-9-5-6-10-19(18)22(27)24(21,23)25/h2-14,21H,1H3/t21-,23-,24-/m0/s1. The second-order valence-electron chi connectivity index (χ2n) is 7.42. The van der Waals surface area contributed by atoms with Crippen LogP contribution in [0, 0.1) is 12.8 Å². The summed E-state index contributed by atoms with van der Waals surface area (Å²) in [6, 6.07) is 25.3. The van der Waals surface area contributed by atoms with Crippen LogP contribution in [0.2, 0.25) is 0 Å². The highest BCUT2D eigenvalue weighted by atomic mass is 79.9. The number of halogens is 1. The number of carbonyl (C=O) groups is 2. The molecule has 5 rings (SSSR count). The molecule has 1 fully saturated rings. The van der Waals surface area contributed by atoms with E-state index in [0.29, 0.717) is 11.1 Å². The summed E-state index contributed by atoms with van der Waals surface area (Å²) in [6.07, 6.45) is 0. The Morgan fingerprint density at radius 2 is 1.30 bits per heavy atom. The van der Waals surface area contributed by atoms with Gasteiger partial charge in [0.15, 0.2) is 11.6 Å². The van der Waals surface area contributed by atoms with Gasteiger partial charge < -0.3 is 0 Å². The summed E-state index contributed by atoms with van der Waals surface area (Å²) in [5.74, 6) is -0.420. The first-order valence-electron chi connectivity index (χ1n) is 9.02. The minimum absolute atomic E-state index is 0.00729. The van der Waals surface area contributed by atoms with E-state index in [2.05, 4.69) is 28.1 Å². The first kappa shape index (κ1) is 16.6. The third kappa shape index (κ3) is 1.90. The average Bonchev–Trinajstić information content (AvgIpc) is 3.30. The number of benzene rings is 3. The Bertz CT molecular complexity index is 1090. The van der Waals surface area contributed by atoms with Crippen LogP contribution in [-0.4, -0.2) is 15.9 Å². The van der Waals surface area contributed by atoms with Crippen LogP contribution in [0.3, 0.4) is 0 Å². The summed E-state index contributed by atoms with van der Waals surface area (Å²) in [4.78, 5) is 27.0. The topological polar surface area (TPSA) is 34.1 Å². The van der Waals surface area contributed by atoms with Crippen molar-refractivity contribution >= 4 is 27.5 Å². The summed E-state index contributed by atoms with van der Waals surface area (Å²) < 4.78 is -0.942. The molecule has 0 unspecified atom stereocenters. The van der Waals surface area contributed by atoms with E-state index >= 15 is 0 Å². The summed E-state index contributed by atoms with van der Waals surface area (Å²) in [6.45, 7) is 2.04. The number of alkyl halides is 1. The molecule has 0 radical (unpaired) electrons. The predicted molar refractivity (Wildman–Crippen MR) is 109 cm³/mol. The van der Waals surface area contributed by atoms with Gasteiger partial charge in [0, 0.05) is 11.1 Å². The highest BCUT2D eigenvalue weighted by Gasteiger charge is 2.84. The molecule has 3 aromatic rings. The van der Waals surface area contributed by atoms with E-state index in [4.69, 9.17) is 0 Å². The molecule has 132 valence electrons. The molecule has 0 bridgehead atoms. The van der Waals surface area contributed by atoms with Crippen LogP contribution in [0.25, 0.3) is 0 Å². The second kappa shape index (κ2) is 5.49. The van der Waals surface area contributed by atoms with Crippen molar-refractivity contribution in [2.45, 2.75) is 16.7 Å². The second-order valence-corrected chi connectivity index (χ2v) is 8.67. The molecule has 3 atom stereocenters. The summed E-state index contributed by atoms with van der Waals surface area (Å²) in [5, 5.41) is 0. The summed E-state index contributed by atoms with van der Waals surface area (Å²) in [7, 11) is 0. The van der Waals surface area contributed by atoms with Crippen molar-refractivity contribution in [3.05, 3.63) is 107 Å². The van der Waals surface area contributed by atoms with Crippen molar-refractivity contribution in [1.82, 2.24) is 0 Å². The minimum Gasteiger partial charge on any atom is -0.294 e. The maximum absolute atomic E-state index is 13.6. The molecular formula is C24H17BrO2. The maximum atomic E-state index is 13.6. The van der Waals surface area contributed by atoms with Crippen LogP contribution >= 0.6 is 15.9 Å². The molecule has 0 N–H and O–H groups in total. The van der Waals surface area contributed by atoms with Crippen molar-refractivity contribution in [2.75, 3.05) is 0 Å². The Hall–Kier alpha value is -2.52. The first-order valence-corrected chi connectivity index (χ1v) is 9.82. The van der Waals surface area contributed by atoms with Gasteiger partial charge in [-0.3, -0.25) is 9.59 Å². The van der Waals surface area contributed by atoms with E-state index in [9.17, 15) is 9.59 Å². The summed E-state index contributed by atoms with van der Waals surface area (Å²) in [5.41, 5.74) is 3.49. The number of Topliss-reactive ketones (excluding diaryl/α,β-unsaturated/α-hetero) is 2. The molecule has 2 aliphatic carbocycles. The van der Waals surface area contributed by atoms with Crippen LogP contribution in [0.1, 0.15) is 37.4 Å². The fourth-order valence-corrected chi connectivity index (χ4v) is 6.15. The van der Waals surface area contributed by atoms with Gasteiger partial charge in [0.2, 0.25) is 0 Å². The van der Waals surface area contributed by atoms with Gasteiger partial charge in [-0.05, 0) is 18.1 Å². The van der Waals surface area contributed by atoms with Crippen molar-refractivity contribution in [3.63, 3.8) is 0 Å². The lowest BCUT2D eigenvalue weighted by Gasteiger charge is -2.22. The molecule has 0 amide bonds. The zero-order chi connectivity index (χ0) is 18.8. The molecule has 0 spiro atoms. The van der Waals surface area contributed by atoms with Gasteiger partial charge in [-0.25, -0.2) is 0 Å². The molecule has 2 aliphatic rings. The number of rotatable bonds is 2. The molecule has 0 heterocycles. The van der Waals surface area contributed by atoms with E-state index in [-0.39, 0.29) is 11.6 Å². The molecule has 2 nitrogen and oxygen atoms in total. The third-order valence-corrected chi connectivity index (χ3v) is 7.53. The largest absolute Gasteiger partial charge is 0.294 e. The van der Waals surface area contributed by atoms with E-state index in [1.54, 1.807) is 12.1 Å². The fourth-order valence-electron chi connectivity index (χ4n) is 4.81. The number of hydrogen-bond donors (Lipinski definition) is 0. The number of fused-ring (bicyclic) bond motifs is 2. The molecule has 0 aromatic heterocycles. The number of carbonyl (C=O) groups excluding carboxylic acids is 2. The van der Waals surface area contributed by atoms with E-state index in [1.165, 1.54) is 0 Å². The molecular weight excluding hydrogens is 400 g/mol. The summed E-state index contributed by atoms with van der Waals surface area (Å²) >= 11 is 3.79. The van der Waals surface area contributed by atoms with Gasteiger partial charge >= 0.3 is 0 Å². The average molecular weight is 417 g/mol. The van der Waals surface area contributed by atoms with Gasteiger partial charge in [-0.2, -0.15) is 0 Å². The Kier molecular flexibility index (Phi) is 3.38. The Morgan fingerprint density at radius 1 is 0.741 bits per heavy atom. The zero-order valence-corrected chi connectivity index (χ0v) is 16.4. The van der Waals surface area contributed by atoms with Crippen LogP contribution < -0.4 is 0 Å². The Morgan fingerprint density at radius 3 is 1.96 bits per heavy atom. The van der Waals surface area contributed by atoms with Crippen molar-refractivity contribution in [3.8, 4) is 0 Å². The molecule has 0 aliphatic heterocycles. The number of ketones is 2. The van der Waals surface area contributed by atoms with Crippen LogP contribution in [-0.2, 0) is 5.41 Å². The lowest BCUT2D eigenvalue weighted by atomic mass is 9.83. The molecule has 1 saturated carbocycles. The van der Waals surface area contributed by atoms with Gasteiger partial charge in [-0.15, -0.1) is 0 Å². The maximum Gasteiger partial charge on any atom is 0.182 e. The van der Waals surface area contributed by atoms with Crippen molar-refractivity contribution < 1.29 is 9.59 Å². The fraction of sp³-hybridized carbons (Fsp3) is 0.167.